The van der Waals surface area contributed by atoms with Gasteiger partial charge < -0.3 is 9.47 Å². The number of carbonyl (C=O) groups is 2. The van der Waals surface area contributed by atoms with Gasteiger partial charge in [-0.15, -0.1) is 0 Å². The molecule has 0 unspecified atom stereocenters. The Hall–Kier alpha value is -3.16. The first-order valence-electron chi connectivity index (χ1n) is 9.30. The van der Waals surface area contributed by atoms with E-state index in [1.54, 1.807) is 66.7 Å². The molecule has 0 aliphatic heterocycles. The van der Waals surface area contributed by atoms with E-state index in [0.29, 0.717) is 28.5 Å². The van der Waals surface area contributed by atoms with E-state index in [-0.39, 0.29) is 17.2 Å². The first-order valence-corrected chi connectivity index (χ1v) is 10.5. The molecule has 0 aliphatic rings. The van der Waals surface area contributed by atoms with Gasteiger partial charge in [-0.1, -0.05) is 39.7 Å². The lowest BCUT2D eigenvalue weighted by atomic mass is 10.2. The van der Waals surface area contributed by atoms with Gasteiger partial charge in [0.2, 0.25) is 0 Å². The number of benzene rings is 3. The fourth-order valence-electron chi connectivity index (χ4n) is 2.59. The van der Waals surface area contributed by atoms with Gasteiger partial charge in [-0.05, 0) is 61.5 Å². The third-order valence-electron chi connectivity index (χ3n) is 4.07. The first-order chi connectivity index (χ1) is 15.0. The van der Waals surface area contributed by atoms with E-state index in [1.807, 2.05) is 6.92 Å². The Labute approximate surface area is 193 Å². The summed E-state index contributed by atoms with van der Waals surface area (Å²) in [6, 6.07) is 18.4. The standard InChI is InChI=1S/C23H18BrClN2O4/c1-2-30-18-10-7-15(8-11-18)22(28)27-26-14-16-13-17(24)9-12-21(16)31-23(29)19-5-3-4-6-20(19)25/h3-14H,2H2,1H3,(H,27,28). The Kier molecular flexibility index (Phi) is 7.81. The van der Waals surface area contributed by atoms with Crippen LogP contribution in [0, 0.1) is 0 Å². The Morgan fingerprint density at radius 1 is 1.10 bits per heavy atom. The minimum Gasteiger partial charge on any atom is -0.494 e. The van der Waals surface area contributed by atoms with Gasteiger partial charge in [-0.2, -0.15) is 5.10 Å². The minimum atomic E-state index is -0.596. The summed E-state index contributed by atoms with van der Waals surface area (Å²) in [6.45, 7) is 2.43. The minimum absolute atomic E-state index is 0.249. The molecule has 0 saturated heterocycles. The van der Waals surface area contributed by atoms with Crippen molar-refractivity contribution >= 4 is 45.6 Å². The van der Waals surface area contributed by atoms with Crippen LogP contribution in [0.15, 0.2) is 76.3 Å². The highest BCUT2D eigenvalue weighted by atomic mass is 79.9. The number of ether oxygens (including phenoxy) is 2. The summed E-state index contributed by atoms with van der Waals surface area (Å²) in [7, 11) is 0. The van der Waals surface area contributed by atoms with Crippen LogP contribution in [0.25, 0.3) is 0 Å². The van der Waals surface area contributed by atoms with Gasteiger partial charge in [0.25, 0.3) is 5.91 Å². The number of hydrogen-bond donors (Lipinski definition) is 1. The monoisotopic (exact) mass is 500 g/mol. The number of nitrogens with one attached hydrogen (secondary N) is 1. The second kappa shape index (κ2) is 10.7. The van der Waals surface area contributed by atoms with Crippen molar-refractivity contribution in [1.82, 2.24) is 5.43 Å². The van der Waals surface area contributed by atoms with Crippen LogP contribution in [-0.2, 0) is 0 Å². The van der Waals surface area contributed by atoms with Gasteiger partial charge in [0.05, 0.1) is 23.4 Å². The summed E-state index contributed by atoms with van der Waals surface area (Å²) in [4.78, 5) is 24.8. The first kappa shape index (κ1) is 22.5. The number of halogens is 2. The van der Waals surface area contributed by atoms with E-state index in [9.17, 15) is 9.59 Å². The SMILES string of the molecule is CCOc1ccc(C(=O)NN=Cc2cc(Br)ccc2OC(=O)c2ccccc2Cl)cc1. The molecule has 0 fully saturated rings. The molecule has 3 aromatic rings. The number of esters is 1. The van der Waals surface area contributed by atoms with Crippen molar-refractivity contribution in [3.8, 4) is 11.5 Å². The molecule has 6 nitrogen and oxygen atoms in total. The van der Waals surface area contributed by atoms with E-state index >= 15 is 0 Å². The Bertz CT molecular complexity index is 1120. The van der Waals surface area contributed by atoms with Gasteiger partial charge in [0, 0.05) is 15.6 Å². The van der Waals surface area contributed by atoms with E-state index in [1.165, 1.54) is 6.21 Å². The van der Waals surface area contributed by atoms with Crippen molar-refractivity contribution in [2.75, 3.05) is 6.61 Å². The average molecular weight is 502 g/mol. The van der Waals surface area contributed by atoms with Crippen molar-refractivity contribution in [1.29, 1.82) is 0 Å². The molecule has 8 heteroatoms. The lowest BCUT2D eigenvalue weighted by Gasteiger charge is -2.09. The van der Waals surface area contributed by atoms with Crippen molar-refractivity contribution < 1.29 is 19.1 Å². The third kappa shape index (κ3) is 6.16. The molecule has 158 valence electrons. The van der Waals surface area contributed by atoms with Crippen molar-refractivity contribution in [3.05, 3.63) is 92.9 Å². The Morgan fingerprint density at radius 3 is 2.55 bits per heavy atom. The smallest absolute Gasteiger partial charge is 0.345 e. The van der Waals surface area contributed by atoms with E-state index in [4.69, 9.17) is 21.1 Å². The molecule has 0 saturated carbocycles. The maximum Gasteiger partial charge on any atom is 0.345 e. The van der Waals surface area contributed by atoms with E-state index in [0.717, 1.165) is 4.47 Å². The van der Waals surface area contributed by atoms with Gasteiger partial charge in [-0.25, -0.2) is 10.2 Å². The van der Waals surface area contributed by atoms with Gasteiger partial charge in [0.1, 0.15) is 11.5 Å². The molecule has 0 heterocycles. The topological polar surface area (TPSA) is 77.0 Å². The fourth-order valence-corrected chi connectivity index (χ4v) is 3.18. The molecule has 1 amide bonds. The molecule has 3 rings (SSSR count). The molecule has 0 spiro atoms. The van der Waals surface area contributed by atoms with Gasteiger partial charge in [0.15, 0.2) is 0 Å². The molecular weight excluding hydrogens is 484 g/mol. The molecule has 0 atom stereocenters. The Balaban J connectivity index is 1.71. The zero-order valence-corrected chi connectivity index (χ0v) is 18.8. The zero-order chi connectivity index (χ0) is 22.2. The molecule has 31 heavy (non-hydrogen) atoms. The van der Waals surface area contributed by atoms with Crippen LogP contribution in [0.2, 0.25) is 5.02 Å². The molecular formula is C23H18BrClN2O4. The Morgan fingerprint density at radius 2 is 1.84 bits per heavy atom. The summed E-state index contributed by atoms with van der Waals surface area (Å²) in [5.41, 5.74) is 3.62. The van der Waals surface area contributed by atoms with Crippen LogP contribution in [-0.4, -0.2) is 24.7 Å². The van der Waals surface area contributed by atoms with Gasteiger partial charge >= 0.3 is 5.97 Å². The van der Waals surface area contributed by atoms with Crippen LogP contribution in [0.4, 0.5) is 0 Å². The molecule has 3 aromatic carbocycles. The second-order valence-electron chi connectivity index (χ2n) is 6.21. The van der Waals surface area contributed by atoms with Crippen LogP contribution in [0.3, 0.4) is 0 Å². The zero-order valence-electron chi connectivity index (χ0n) is 16.5. The number of carbonyl (C=O) groups excluding carboxylic acids is 2. The van der Waals surface area contributed by atoms with E-state index < -0.39 is 5.97 Å². The van der Waals surface area contributed by atoms with Crippen LogP contribution in [0.1, 0.15) is 33.2 Å². The molecule has 0 bridgehead atoms. The number of hydrazone groups is 1. The fraction of sp³-hybridized carbons (Fsp3) is 0.0870. The van der Waals surface area contributed by atoms with Crippen molar-refractivity contribution in [3.63, 3.8) is 0 Å². The summed E-state index contributed by atoms with van der Waals surface area (Å²) in [5, 5.41) is 4.28. The van der Waals surface area contributed by atoms with Crippen LogP contribution in [0.5, 0.6) is 11.5 Å². The third-order valence-corrected chi connectivity index (χ3v) is 4.89. The van der Waals surface area contributed by atoms with Crippen molar-refractivity contribution in [2.45, 2.75) is 6.92 Å². The molecule has 1 N–H and O–H groups in total. The normalized spacial score (nSPS) is 10.7. The predicted octanol–water partition coefficient (Wildman–Crippen LogP) is 5.48. The lowest BCUT2D eigenvalue weighted by Crippen LogP contribution is -2.17. The molecule has 0 radical (unpaired) electrons. The van der Waals surface area contributed by atoms with Crippen molar-refractivity contribution in [2.24, 2.45) is 5.10 Å². The maximum absolute atomic E-state index is 12.5. The molecule has 0 aromatic heterocycles. The number of amides is 1. The highest BCUT2D eigenvalue weighted by Crippen LogP contribution is 2.24. The van der Waals surface area contributed by atoms with Crippen LogP contribution < -0.4 is 14.9 Å². The second-order valence-corrected chi connectivity index (χ2v) is 7.53. The predicted molar refractivity (Wildman–Crippen MR) is 123 cm³/mol. The number of hydrogen-bond acceptors (Lipinski definition) is 5. The lowest BCUT2D eigenvalue weighted by molar-refractivity contribution is 0.0734. The maximum atomic E-state index is 12.5. The highest BCUT2D eigenvalue weighted by molar-refractivity contribution is 9.10. The number of rotatable bonds is 7. The van der Waals surface area contributed by atoms with E-state index in [2.05, 4.69) is 26.5 Å². The summed E-state index contributed by atoms with van der Waals surface area (Å²) in [6.07, 6.45) is 1.40. The number of nitrogens with zero attached hydrogens (tertiary/aromatic N) is 1. The highest BCUT2D eigenvalue weighted by Gasteiger charge is 2.14. The summed E-state index contributed by atoms with van der Waals surface area (Å²) >= 11 is 9.44. The summed E-state index contributed by atoms with van der Waals surface area (Å²) < 4.78 is 11.6. The van der Waals surface area contributed by atoms with Crippen LogP contribution >= 0.6 is 27.5 Å². The molecule has 0 aliphatic carbocycles. The largest absolute Gasteiger partial charge is 0.494 e. The average Bonchev–Trinajstić information content (AvgIpc) is 2.76. The van der Waals surface area contributed by atoms with Gasteiger partial charge in [-0.3, -0.25) is 4.79 Å². The quantitative estimate of drug-likeness (QED) is 0.201. The summed E-state index contributed by atoms with van der Waals surface area (Å²) in [5.74, 6) is -0.0289.